The van der Waals surface area contributed by atoms with Gasteiger partial charge in [0.15, 0.2) is 11.6 Å². The lowest BCUT2D eigenvalue weighted by Crippen LogP contribution is -2.05. The normalized spacial score (nSPS) is 11.5. The van der Waals surface area contributed by atoms with Crippen LogP contribution in [0.15, 0.2) is 48.8 Å². The van der Waals surface area contributed by atoms with Crippen LogP contribution >= 0.6 is 0 Å². The Bertz CT molecular complexity index is 840. The van der Waals surface area contributed by atoms with Crippen LogP contribution in [0.1, 0.15) is 24.3 Å². The van der Waals surface area contributed by atoms with Gasteiger partial charge in [0.2, 0.25) is 5.88 Å². The first-order valence-electron chi connectivity index (χ1n) is 7.46. The topological polar surface area (TPSA) is 99.5 Å². The molecule has 0 radical (unpaired) electrons. The third kappa shape index (κ3) is 3.87. The summed E-state index contributed by atoms with van der Waals surface area (Å²) in [6.45, 7) is 1.96. The fourth-order valence-corrected chi connectivity index (χ4v) is 2.17. The number of anilines is 2. The molecule has 24 heavy (non-hydrogen) atoms. The summed E-state index contributed by atoms with van der Waals surface area (Å²) < 4.78 is 5.84. The predicted molar refractivity (Wildman–Crippen MR) is 88.7 cm³/mol. The average molecular weight is 320 g/mol. The Hall–Kier alpha value is -3.40. The SMILES string of the molecule is C[C@H](Oc1cncc(Nc2cc(CC#N)[nH]n2)n1)c1ccccc1. The molecule has 0 amide bonds. The molecule has 1 aromatic carbocycles. The first-order chi connectivity index (χ1) is 11.7. The molecule has 3 aromatic rings. The largest absolute Gasteiger partial charge is 0.469 e. The van der Waals surface area contributed by atoms with Gasteiger partial charge in [-0.05, 0) is 12.5 Å². The van der Waals surface area contributed by atoms with Gasteiger partial charge in [-0.25, -0.2) is 0 Å². The molecule has 0 unspecified atom stereocenters. The third-order valence-electron chi connectivity index (χ3n) is 3.34. The van der Waals surface area contributed by atoms with Crippen LogP contribution < -0.4 is 10.1 Å². The van der Waals surface area contributed by atoms with Crippen LogP contribution in [0.4, 0.5) is 11.6 Å². The van der Waals surface area contributed by atoms with Gasteiger partial charge in [0.1, 0.15) is 6.10 Å². The molecule has 0 saturated heterocycles. The van der Waals surface area contributed by atoms with E-state index in [0.29, 0.717) is 17.5 Å². The second-order valence-corrected chi connectivity index (χ2v) is 5.15. The van der Waals surface area contributed by atoms with Gasteiger partial charge in [-0.2, -0.15) is 15.3 Å². The second-order valence-electron chi connectivity index (χ2n) is 5.15. The molecule has 3 rings (SSSR count). The molecular formula is C17H16N6O. The zero-order valence-electron chi connectivity index (χ0n) is 13.1. The first kappa shape index (κ1) is 15.5. The van der Waals surface area contributed by atoms with Crippen LogP contribution in [-0.2, 0) is 6.42 Å². The minimum Gasteiger partial charge on any atom is -0.469 e. The highest BCUT2D eigenvalue weighted by Gasteiger charge is 2.09. The lowest BCUT2D eigenvalue weighted by atomic mass is 10.1. The number of nitrogens with one attached hydrogen (secondary N) is 2. The van der Waals surface area contributed by atoms with Crippen molar-refractivity contribution in [3.05, 3.63) is 60.0 Å². The summed E-state index contributed by atoms with van der Waals surface area (Å²) in [7, 11) is 0. The van der Waals surface area contributed by atoms with Crippen molar-refractivity contribution in [1.82, 2.24) is 20.2 Å². The minimum absolute atomic E-state index is 0.136. The molecule has 7 nitrogen and oxygen atoms in total. The first-order valence-corrected chi connectivity index (χ1v) is 7.46. The second kappa shape index (κ2) is 7.24. The lowest BCUT2D eigenvalue weighted by molar-refractivity contribution is 0.217. The van der Waals surface area contributed by atoms with E-state index in [-0.39, 0.29) is 12.5 Å². The van der Waals surface area contributed by atoms with Crippen LogP contribution in [0.25, 0.3) is 0 Å². The molecule has 2 heterocycles. The Morgan fingerprint density at radius 2 is 2.08 bits per heavy atom. The Balaban J connectivity index is 1.68. The molecule has 0 saturated carbocycles. The molecular weight excluding hydrogens is 304 g/mol. The van der Waals surface area contributed by atoms with Crippen molar-refractivity contribution in [2.75, 3.05) is 5.32 Å². The molecule has 0 fully saturated rings. The number of aromatic nitrogens is 4. The van der Waals surface area contributed by atoms with Crippen LogP contribution in [0.3, 0.4) is 0 Å². The maximum Gasteiger partial charge on any atom is 0.234 e. The van der Waals surface area contributed by atoms with E-state index in [0.717, 1.165) is 11.3 Å². The van der Waals surface area contributed by atoms with Crippen LogP contribution in [0.2, 0.25) is 0 Å². The molecule has 7 heteroatoms. The van der Waals surface area contributed by atoms with E-state index in [1.165, 1.54) is 0 Å². The summed E-state index contributed by atoms with van der Waals surface area (Å²) in [5.74, 6) is 1.51. The van der Waals surface area contributed by atoms with Gasteiger partial charge in [0.25, 0.3) is 0 Å². The zero-order chi connectivity index (χ0) is 16.8. The quantitative estimate of drug-likeness (QED) is 0.723. The molecule has 0 bridgehead atoms. The van der Waals surface area contributed by atoms with Gasteiger partial charge >= 0.3 is 0 Å². The summed E-state index contributed by atoms with van der Waals surface area (Å²) in [5, 5.41) is 18.6. The Morgan fingerprint density at radius 1 is 1.25 bits per heavy atom. The van der Waals surface area contributed by atoms with Crippen molar-refractivity contribution in [2.45, 2.75) is 19.4 Å². The maximum absolute atomic E-state index is 8.68. The molecule has 0 aliphatic heterocycles. The molecule has 2 aromatic heterocycles. The molecule has 0 spiro atoms. The van der Waals surface area contributed by atoms with Crippen molar-refractivity contribution >= 4 is 11.6 Å². The van der Waals surface area contributed by atoms with Crippen LogP contribution in [0, 0.1) is 11.3 Å². The minimum atomic E-state index is -0.136. The standard InChI is InChI=1S/C17H16N6O/c1-12(13-5-3-2-4-6-13)24-17-11-19-10-16(21-17)20-15-9-14(7-8-18)22-23-15/h2-6,9-12H,7H2,1H3,(H2,20,21,22,23)/t12-/m0/s1. The third-order valence-corrected chi connectivity index (χ3v) is 3.34. The van der Waals surface area contributed by atoms with Gasteiger partial charge in [-0.15, -0.1) is 0 Å². The van der Waals surface area contributed by atoms with E-state index in [1.54, 1.807) is 18.5 Å². The number of hydrogen-bond donors (Lipinski definition) is 2. The summed E-state index contributed by atoms with van der Waals surface area (Å²) in [5.41, 5.74) is 1.80. The fourth-order valence-electron chi connectivity index (χ4n) is 2.17. The summed E-state index contributed by atoms with van der Waals surface area (Å²) >= 11 is 0. The number of benzene rings is 1. The summed E-state index contributed by atoms with van der Waals surface area (Å²) in [4.78, 5) is 8.50. The number of hydrogen-bond acceptors (Lipinski definition) is 6. The predicted octanol–water partition coefficient (Wildman–Crippen LogP) is 3.15. The molecule has 2 N–H and O–H groups in total. The number of rotatable bonds is 6. The number of aromatic amines is 1. The van der Waals surface area contributed by atoms with Gasteiger partial charge in [0.05, 0.1) is 30.6 Å². The zero-order valence-corrected chi connectivity index (χ0v) is 13.1. The average Bonchev–Trinajstić information content (AvgIpc) is 3.03. The van der Waals surface area contributed by atoms with Gasteiger partial charge in [0, 0.05) is 6.07 Å². The van der Waals surface area contributed by atoms with Gasteiger partial charge < -0.3 is 10.1 Å². The van der Waals surface area contributed by atoms with Gasteiger partial charge in [-0.3, -0.25) is 10.1 Å². The summed E-state index contributed by atoms with van der Waals surface area (Å²) in [6.07, 6.45) is 3.29. The Morgan fingerprint density at radius 3 is 2.88 bits per heavy atom. The number of nitriles is 1. The smallest absolute Gasteiger partial charge is 0.234 e. The van der Waals surface area contributed by atoms with Crippen LogP contribution in [0.5, 0.6) is 5.88 Å². The van der Waals surface area contributed by atoms with E-state index < -0.39 is 0 Å². The van der Waals surface area contributed by atoms with E-state index in [2.05, 4.69) is 31.6 Å². The maximum atomic E-state index is 8.68. The lowest BCUT2D eigenvalue weighted by Gasteiger charge is -2.14. The highest BCUT2D eigenvalue weighted by molar-refractivity contribution is 5.51. The Kier molecular flexibility index (Phi) is 4.68. The summed E-state index contributed by atoms with van der Waals surface area (Å²) in [6, 6.07) is 13.7. The number of H-pyrrole nitrogens is 1. The molecule has 120 valence electrons. The van der Waals surface area contributed by atoms with Crippen molar-refractivity contribution in [1.29, 1.82) is 5.26 Å². The van der Waals surface area contributed by atoms with Crippen molar-refractivity contribution in [3.63, 3.8) is 0 Å². The van der Waals surface area contributed by atoms with Crippen molar-refractivity contribution in [3.8, 4) is 11.9 Å². The van der Waals surface area contributed by atoms with E-state index in [1.807, 2.05) is 37.3 Å². The van der Waals surface area contributed by atoms with E-state index in [9.17, 15) is 0 Å². The monoisotopic (exact) mass is 320 g/mol. The number of nitrogens with zero attached hydrogens (tertiary/aromatic N) is 4. The van der Waals surface area contributed by atoms with Crippen molar-refractivity contribution in [2.24, 2.45) is 0 Å². The van der Waals surface area contributed by atoms with Crippen LogP contribution in [-0.4, -0.2) is 20.2 Å². The fraction of sp³-hybridized carbons (Fsp3) is 0.176. The highest BCUT2D eigenvalue weighted by atomic mass is 16.5. The molecule has 1 atom stereocenters. The number of ether oxygens (including phenoxy) is 1. The van der Waals surface area contributed by atoms with Crippen molar-refractivity contribution < 1.29 is 4.74 Å². The van der Waals surface area contributed by atoms with E-state index >= 15 is 0 Å². The molecule has 0 aliphatic rings. The van der Waals surface area contributed by atoms with Gasteiger partial charge in [-0.1, -0.05) is 30.3 Å². The Labute approximate surface area is 139 Å². The van der Waals surface area contributed by atoms with E-state index in [4.69, 9.17) is 10.00 Å². The molecule has 0 aliphatic carbocycles. The highest BCUT2D eigenvalue weighted by Crippen LogP contribution is 2.21.